The summed E-state index contributed by atoms with van der Waals surface area (Å²) in [5, 5.41) is 9.43. The molecule has 0 unspecified atom stereocenters. The molecule has 1 atom stereocenters. The van der Waals surface area contributed by atoms with E-state index >= 15 is 0 Å². The maximum absolute atomic E-state index is 12.0. The summed E-state index contributed by atoms with van der Waals surface area (Å²) in [7, 11) is 1.61. The van der Waals surface area contributed by atoms with E-state index in [0.717, 1.165) is 11.3 Å². The Morgan fingerprint density at radius 1 is 1.25 bits per heavy atom. The SMILES string of the molecule is COc1ccccc1[C@@H](C)NC(=O)CCCNC(=O)c1ccsc1. The fraction of sp³-hybridized carbons (Fsp3) is 0.333. The number of thiophene rings is 1. The number of benzene rings is 1. The van der Waals surface area contributed by atoms with E-state index in [1.54, 1.807) is 18.6 Å². The third kappa shape index (κ3) is 5.09. The molecule has 128 valence electrons. The van der Waals surface area contributed by atoms with Crippen molar-refractivity contribution in [1.29, 1.82) is 0 Å². The van der Waals surface area contributed by atoms with Crippen LogP contribution < -0.4 is 15.4 Å². The molecule has 0 bridgehead atoms. The van der Waals surface area contributed by atoms with Gasteiger partial charge in [-0.2, -0.15) is 11.3 Å². The molecule has 2 rings (SSSR count). The molecule has 1 heterocycles. The second-order valence-corrected chi connectivity index (χ2v) is 6.18. The molecule has 0 fully saturated rings. The van der Waals surface area contributed by atoms with Crippen molar-refractivity contribution in [3.8, 4) is 5.75 Å². The van der Waals surface area contributed by atoms with Gasteiger partial charge in [0.1, 0.15) is 5.75 Å². The molecule has 0 aliphatic carbocycles. The minimum Gasteiger partial charge on any atom is -0.496 e. The van der Waals surface area contributed by atoms with Crippen LogP contribution in [0.5, 0.6) is 5.75 Å². The fourth-order valence-electron chi connectivity index (χ4n) is 2.36. The Hall–Kier alpha value is -2.34. The van der Waals surface area contributed by atoms with Gasteiger partial charge >= 0.3 is 0 Å². The van der Waals surface area contributed by atoms with Gasteiger partial charge in [-0.25, -0.2) is 0 Å². The smallest absolute Gasteiger partial charge is 0.252 e. The molecule has 5 nitrogen and oxygen atoms in total. The van der Waals surface area contributed by atoms with Gasteiger partial charge in [-0.1, -0.05) is 18.2 Å². The Bertz CT molecular complexity index is 671. The molecule has 0 radical (unpaired) electrons. The number of rotatable bonds is 8. The van der Waals surface area contributed by atoms with Crippen LogP contribution in [0.25, 0.3) is 0 Å². The lowest BCUT2D eigenvalue weighted by Crippen LogP contribution is -2.29. The Labute approximate surface area is 146 Å². The Balaban J connectivity index is 1.72. The molecule has 6 heteroatoms. The third-order valence-corrected chi connectivity index (χ3v) is 4.32. The molecule has 1 aromatic heterocycles. The molecule has 2 N–H and O–H groups in total. The number of hydrogen-bond acceptors (Lipinski definition) is 4. The molecule has 0 spiro atoms. The van der Waals surface area contributed by atoms with Crippen molar-refractivity contribution < 1.29 is 14.3 Å². The lowest BCUT2D eigenvalue weighted by atomic mass is 10.1. The first-order valence-electron chi connectivity index (χ1n) is 7.84. The van der Waals surface area contributed by atoms with Crippen molar-refractivity contribution in [2.45, 2.75) is 25.8 Å². The average Bonchev–Trinajstić information content (AvgIpc) is 3.13. The highest BCUT2D eigenvalue weighted by Gasteiger charge is 2.13. The zero-order chi connectivity index (χ0) is 17.4. The van der Waals surface area contributed by atoms with Crippen molar-refractivity contribution in [1.82, 2.24) is 10.6 Å². The standard InChI is InChI=1S/C18H22N2O3S/c1-13(15-6-3-4-7-16(15)23-2)20-17(21)8-5-10-19-18(22)14-9-11-24-12-14/h3-4,6-7,9,11-13H,5,8,10H2,1-2H3,(H,19,22)(H,20,21)/t13-/m1/s1. The molecule has 0 aliphatic heterocycles. The lowest BCUT2D eigenvalue weighted by molar-refractivity contribution is -0.121. The summed E-state index contributed by atoms with van der Waals surface area (Å²) in [6.07, 6.45) is 0.962. The van der Waals surface area contributed by atoms with Crippen molar-refractivity contribution in [3.05, 3.63) is 52.2 Å². The second-order valence-electron chi connectivity index (χ2n) is 5.40. The summed E-state index contributed by atoms with van der Waals surface area (Å²) in [4.78, 5) is 23.8. The predicted octanol–water partition coefficient (Wildman–Crippen LogP) is 3.14. The number of nitrogens with one attached hydrogen (secondary N) is 2. The molecule has 0 saturated carbocycles. The minimum atomic E-state index is -0.131. The predicted molar refractivity (Wildman–Crippen MR) is 95.4 cm³/mol. The van der Waals surface area contributed by atoms with Crippen molar-refractivity contribution in [2.24, 2.45) is 0 Å². The Morgan fingerprint density at radius 2 is 2.04 bits per heavy atom. The van der Waals surface area contributed by atoms with Gasteiger partial charge in [-0.3, -0.25) is 9.59 Å². The first-order valence-corrected chi connectivity index (χ1v) is 8.78. The van der Waals surface area contributed by atoms with Gasteiger partial charge in [0.25, 0.3) is 5.91 Å². The van der Waals surface area contributed by atoms with Gasteiger partial charge in [-0.05, 0) is 30.9 Å². The molecule has 0 saturated heterocycles. The average molecular weight is 346 g/mol. The van der Waals surface area contributed by atoms with Crippen molar-refractivity contribution in [2.75, 3.05) is 13.7 Å². The number of hydrogen-bond donors (Lipinski definition) is 2. The van der Waals surface area contributed by atoms with Crippen LogP contribution in [0, 0.1) is 0 Å². The molecule has 2 amide bonds. The van der Waals surface area contributed by atoms with Gasteiger partial charge in [0.05, 0.1) is 13.2 Å². The largest absolute Gasteiger partial charge is 0.496 e. The van der Waals surface area contributed by atoms with E-state index in [-0.39, 0.29) is 17.9 Å². The van der Waals surface area contributed by atoms with E-state index in [1.165, 1.54) is 11.3 Å². The van der Waals surface area contributed by atoms with Crippen molar-refractivity contribution in [3.63, 3.8) is 0 Å². The zero-order valence-corrected chi connectivity index (χ0v) is 14.7. The molecule has 0 aliphatic rings. The molecule has 24 heavy (non-hydrogen) atoms. The van der Waals surface area contributed by atoms with E-state index in [1.807, 2.05) is 36.6 Å². The lowest BCUT2D eigenvalue weighted by Gasteiger charge is -2.17. The number of amides is 2. The number of ether oxygens (including phenoxy) is 1. The van der Waals surface area contributed by atoms with E-state index in [0.29, 0.717) is 24.9 Å². The van der Waals surface area contributed by atoms with Crippen LogP contribution in [0.1, 0.15) is 41.7 Å². The second kappa shape index (κ2) is 9.08. The van der Waals surface area contributed by atoms with Crippen LogP contribution in [0.2, 0.25) is 0 Å². The van der Waals surface area contributed by atoms with Crippen molar-refractivity contribution >= 4 is 23.2 Å². The number of carbonyl (C=O) groups excluding carboxylic acids is 2. The van der Waals surface area contributed by atoms with Crippen LogP contribution in [0.15, 0.2) is 41.1 Å². The van der Waals surface area contributed by atoms with Gasteiger partial charge in [0.15, 0.2) is 0 Å². The highest BCUT2D eigenvalue weighted by Crippen LogP contribution is 2.24. The van der Waals surface area contributed by atoms with Crippen LogP contribution in [0.4, 0.5) is 0 Å². The highest BCUT2D eigenvalue weighted by molar-refractivity contribution is 7.08. The monoisotopic (exact) mass is 346 g/mol. The number of methoxy groups -OCH3 is 1. The van der Waals surface area contributed by atoms with Gasteiger partial charge in [-0.15, -0.1) is 0 Å². The van der Waals surface area contributed by atoms with E-state index in [2.05, 4.69) is 10.6 Å². The molecular formula is C18H22N2O3S. The number of carbonyl (C=O) groups is 2. The summed E-state index contributed by atoms with van der Waals surface area (Å²) in [6.45, 7) is 2.40. The van der Waals surface area contributed by atoms with Crippen LogP contribution in [0.3, 0.4) is 0 Å². The minimum absolute atomic E-state index is 0.0433. The maximum Gasteiger partial charge on any atom is 0.252 e. The van der Waals surface area contributed by atoms with E-state index in [9.17, 15) is 9.59 Å². The first-order chi connectivity index (χ1) is 11.6. The molecule has 1 aromatic carbocycles. The molecule has 2 aromatic rings. The third-order valence-electron chi connectivity index (χ3n) is 3.63. The van der Waals surface area contributed by atoms with E-state index in [4.69, 9.17) is 4.74 Å². The summed E-state index contributed by atoms with van der Waals surface area (Å²) in [5.74, 6) is 0.616. The topological polar surface area (TPSA) is 67.4 Å². The van der Waals surface area contributed by atoms with Gasteiger partial charge in [0, 0.05) is 29.5 Å². The Morgan fingerprint density at radius 3 is 2.75 bits per heavy atom. The number of para-hydroxylation sites is 1. The normalized spacial score (nSPS) is 11.6. The van der Waals surface area contributed by atoms with Crippen LogP contribution in [-0.2, 0) is 4.79 Å². The summed E-state index contributed by atoms with van der Waals surface area (Å²) >= 11 is 1.48. The van der Waals surface area contributed by atoms with Gasteiger partial charge < -0.3 is 15.4 Å². The summed E-state index contributed by atoms with van der Waals surface area (Å²) < 4.78 is 5.31. The summed E-state index contributed by atoms with van der Waals surface area (Å²) in [6, 6.07) is 9.27. The quantitative estimate of drug-likeness (QED) is 0.722. The Kier molecular flexibility index (Phi) is 6.81. The van der Waals surface area contributed by atoms with Crippen LogP contribution in [-0.4, -0.2) is 25.5 Å². The molecular weight excluding hydrogens is 324 g/mol. The van der Waals surface area contributed by atoms with Gasteiger partial charge in [0.2, 0.25) is 5.91 Å². The first kappa shape index (κ1) is 18.0. The van der Waals surface area contributed by atoms with Crippen LogP contribution >= 0.6 is 11.3 Å². The maximum atomic E-state index is 12.0. The zero-order valence-electron chi connectivity index (χ0n) is 13.9. The fourth-order valence-corrected chi connectivity index (χ4v) is 3.00. The summed E-state index contributed by atoms with van der Waals surface area (Å²) in [5.41, 5.74) is 1.60. The van der Waals surface area contributed by atoms with E-state index < -0.39 is 0 Å². The highest BCUT2D eigenvalue weighted by atomic mass is 32.1.